The van der Waals surface area contributed by atoms with Gasteiger partial charge in [0, 0.05) is 50.4 Å². The second-order valence-corrected chi connectivity index (χ2v) is 7.56. The highest BCUT2D eigenvalue weighted by Crippen LogP contribution is 2.48. The Bertz CT molecular complexity index is 656. The van der Waals surface area contributed by atoms with Crippen LogP contribution in [0.2, 0.25) is 0 Å². The molecule has 6 nitrogen and oxygen atoms in total. The molecule has 0 saturated carbocycles. The van der Waals surface area contributed by atoms with Crippen molar-refractivity contribution in [2.24, 2.45) is 18.4 Å². The van der Waals surface area contributed by atoms with E-state index >= 15 is 0 Å². The summed E-state index contributed by atoms with van der Waals surface area (Å²) in [5.41, 5.74) is 0.0360. The van der Waals surface area contributed by atoms with Gasteiger partial charge in [0.2, 0.25) is 11.8 Å². The molecule has 2 saturated heterocycles. The number of aryl methyl sites for hydroxylation is 1. The molecule has 2 amide bonds. The van der Waals surface area contributed by atoms with Crippen LogP contribution in [0.3, 0.4) is 0 Å². The Labute approximate surface area is 143 Å². The van der Waals surface area contributed by atoms with Crippen molar-refractivity contribution in [3.05, 3.63) is 30.9 Å². The van der Waals surface area contributed by atoms with Gasteiger partial charge >= 0.3 is 0 Å². The zero-order chi connectivity index (χ0) is 17.5. The Morgan fingerprint density at radius 2 is 2.00 bits per heavy atom. The fourth-order valence-corrected chi connectivity index (χ4v) is 3.97. The number of nitrogens with zero attached hydrogens (tertiary/aromatic N) is 4. The van der Waals surface area contributed by atoms with Crippen LogP contribution < -0.4 is 0 Å². The fraction of sp³-hybridized carbons (Fsp3) is 0.611. The van der Waals surface area contributed by atoms with E-state index in [4.69, 9.17) is 0 Å². The molecule has 2 aliphatic heterocycles. The van der Waals surface area contributed by atoms with Gasteiger partial charge < -0.3 is 14.4 Å². The lowest BCUT2D eigenvalue weighted by molar-refractivity contribution is -0.160. The van der Waals surface area contributed by atoms with Gasteiger partial charge in [0.25, 0.3) is 0 Å². The molecule has 0 spiro atoms. The molecule has 1 atom stereocenters. The quantitative estimate of drug-likeness (QED) is 0.794. The van der Waals surface area contributed by atoms with Gasteiger partial charge in [-0.15, -0.1) is 0 Å². The molecule has 0 radical (unpaired) electrons. The molecule has 3 heterocycles. The van der Waals surface area contributed by atoms with E-state index < -0.39 is 0 Å². The lowest BCUT2D eigenvalue weighted by Crippen LogP contribution is -2.60. The number of imidazole rings is 1. The summed E-state index contributed by atoms with van der Waals surface area (Å²) in [6, 6.07) is 0.0258. The lowest BCUT2D eigenvalue weighted by atomic mass is 9.73. The minimum Gasteiger partial charge on any atom is -0.339 e. The van der Waals surface area contributed by atoms with E-state index in [0.717, 1.165) is 25.2 Å². The van der Waals surface area contributed by atoms with Crippen LogP contribution in [0.5, 0.6) is 0 Å². The monoisotopic (exact) mass is 330 g/mol. The molecule has 24 heavy (non-hydrogen) atoms. The molecule has 0 bridgehead atoms. The first-order valence-electron chi connectivity index (χ1n) is 8.54. The third-order valence-electron chi connectivity index (χ3n) is 5.35. The molecule has 0 aliphatic carbocycles. The molecular weight excluding hydrogens is 304 g/mol. The first-order chi connectivity index (χ1) is 11.3. The largest absolute Gasteiger partial charge is 0.339 e. The number of carbonyl (C=O) groups excluding carboxylic acids is 2. The standard InChI is InChI=1S/C18H26N4O2/c1-5-14(23)21-9-6-13(7-10-21)17(24)22-12-18(2,3)15(22)16-19-8-11-20(16)4/h5,8,11,13,15H,1,6-7,9-10,12H2,2-4H3. The first-order valence-corrected chi connectivity index (χ1v) is 8.54. The van der Waals surface area contributed by atoms with Crippen molar-refractivity contribution in [1.82, 2.24) is 19.4 Å². The van der Waals surface area contributed by atoms with Crippen molar-refractivity contribution in [3.8, 4) is 0 Å². The van der Waals surface area contributed by atoms with Crippen LogP contribution in [0, 0.1) is 11.3 Å². The second kappa shape index (κ2) is 6.07. The Morgan fingerprint density at radius 1 is 1.33 bits per heavy atom. The first kappa shape index (κ1) is 16.7. The number of hydrogen-bond acceptors (Lipinski definition) is 3. The fourth-order valence-electron chi connectivity index (χ4n) is 3.97. The number of likely N-dealkylation sites (tertiary alicyclic amines) is 2. The number of rotatable bonds is 3. The van der Waals surface area contributed by atoms with Crippen LogP contribution >= 0.6 is 0 Å². The summed E-state index contributed by atoms with van der Waals surface area (Å²) in [7, 11) is 1.97. The molecule has 0 N–H and O–H groups in total. The van der Waals surface area contributed by atoms with E-state index in [1.807, 2.05) is 22.7 Å². The summed E-state index contributed by atoms with van der Waals surface area (Å²) < 4.78 is 2.00. The highest BCUT2D eigenvalue weighted by molar-refractivity contribution is 5.87. The summed E-state index contributed by atoms with van der Waals surface area (Å²) in [6.07, 6.45) is 6.50. The predicted octanol–water partition coefficient (Wildman–Crippen LogP) is 1.75. The van der Waals surface area contributed by atoms with Gasteiger partial charge in [-0.05, 0) is 18.9 Å². The predicted molar refractivity (Wildman–Crippen MR) is 90.9 cm³/mol. The maximum absolute atomic E-state index is 13.0. The van der Waals surface area contributed by atoms with Gasteiger partial charge in [0.15, 0.2) is 0 Å². The molecule has 1 aromatic rings. The van der Waals surface area contributed by atoms with Gasteiger partial charge in [-0.1, -0.05) is 20.4 Å². The van der Waals surface area contributed by atoms with E-state index in [9.17, 15) is 9.59 Å². The van der Waals surface area contributed by atoms with Gasteiger partial charge in [-0.3, -0.25) is 9.59 Å². The lowest BCUT2D eigenvalue weighted by Gasteiger charge is -2.54. The van der Waals surface area contributed by atoms with Gasteiger partial charge in [-0.25, -0.2) is 4.98 Å². The van der Waals surface area contributed by atoms with E-state index in [1.54, 1.807) is 11.1 Å². The van der Waals surface area contributed by atoms with Crippen LogP contribution in [-0.2, 0) is 16.6 Å². The van der Waals surface area contributed by atoms with Gasteiger partial charge in [-0.2, -0.15) is 0 Å². The highest BCUT2D eigenvalue weighted by Gasteiger charge is 2.51. The van der Waals surface area contributed by atoms with E-state index in [-0.39, 0.29) is 29.2 Å². The van der Waals surface area contributed by atoms with Crippen molar-refractivity contribution in [3.63, 3.8) is 0 Å². The zero-order valence-electron chi connectivity index (χ0n) is 14.7. The molecule has 2 aliphatic rings. The smallest absolute Gasteiger partial charge is 0.245 e. The minimum absolute atomic E-state index is 0.00210. The molecular formula is C18H26N4O2. The van der Waals surface area contributed by atoms with Crippen molar-refractivity contribution >= 4 is 11.8 Å². The van der Waals surface area contributed by atoms with Crippen molar-refractivity contribution in [2.75, 3.05) is 19.6 Å². The maximum atomic E-state index is 13.0. The van der Waals surface area contributed by atoms with E-state index in [2.05, 4.69) is 25.4 Å². The summed E-state index contributed by atoms with van der Waals surface area (Å²) >= 11 is 0. The number of aromatic nitrogens is 2. The van der Waals surface area contributed by atoms with Crippen LogP contribution in [-0.4, -0.2) is 50.8 Å². The summed E-state index contributed by atoms with van der Waals surface area (Å²) in [6.45, 7) is 9.91. The average molecular weight is 330 g/mol. The SMILES string of the molecule is C=CC(=O)N1CCC(C(=O)N2CC(C)(C)C2c2nccn2C)CC1. The number of piperidine rings is 1. The van der Waals surface area contributed by atoms with Crippen molar-refractivity contribution in [2.45, 2.75) is 32.7 Å². The molecule has 2 fully saturated rings. The van der Waals surface area contributed by atoms with E-state index in [0.29, 0.717) is 13.1 Å². The van der Waals surface area contributed by atoms with Crippen LogP contribution in [0.15, 0.2) is 25.0 Å². The molecule has 130 valence electrons. The highest BCUT2D eigenvalue weighted by atomic mass is 16.2. The molecule has 1 aromatic heterocycles. The third kappa shape index (κ3) is 2.74. The molecule has 0 aromatic carbocycles. The summed E-state index contributed by atoms with van der Waals surface area (Å²) in [5, 5.41) is 0. The zero-order valence-corrected chi connectivity index (χ0v) is 14.7. The van der Waals surface area contributed by atoms with Gasteiger partial charge in [0.1, 0.15) is 5.82 Å². The minimum atomic E-state index is -0.0446. The molecule has 6 heteroatoms. The van der Waals surface area contributed by atoms with Crippen LogP contribution in [0.1, 0.15) is 38.6 Å². The third-order valence-corrected chi connectivity index (χ3v) is 5.35. The Balaban J connectivity index is 1.69. The number of hydrogen-bond donors (Lipinski definition) is 0. The Kier molecular flexibility index (Phi) is 4.24. The number of amides is 2. The Hall–Kier alpha value is -2.11. The molecule has 3 rings (SSSR count). The van der Waals surface area contributed by atoms with Crippen LogP contribution in [0.4, 0.5) is 0 Å². The summed E-state index contributed by atoms with van der Waals surface area (Å²) in [4.78, 5) is 32.9. The van der Waals surface area contributed by atoms with E-state index in [1.165, 1.54) is 6.08 Å². The average Bonchev–Trinajstić information content (AvgIpc) is 2.97. The molecule has 1 unspecified atom stereocenters. The number of carbonyl (C=O) groups is 2. The Morgan fingerprint density at radius 3 is 2.50 bits per heavy atom. The second-order valence-electron chi connectivity index (χ2n) is 7.56. The normalized spacial score (nSPS) is 23.7. The maximum Gasteiger partial charge on any atom is 0.245 e. The topological polar surface area (TPSA) is 58.4 Å². The summed E-state index contributed by atoms with van der Waals surface area (Å²) in [5.74, 6) is 1.10. The van der Waals surface area contributed by atoms with Gasteiger partial charge in [0.05, 0.1) is 6.04 Å². The van der Waals surface area contributed by atoms with Crippen LogP contribution in [0.25, 0.3) is 0 Å². The van der Waals surface area contributed by atoms with Crippen molar-refractivity contribution < 1.29 is 9.59 Å². The van der Waals surface area contributed by atoms with Crippen molar-refractivity contribution in [1.29, 1.82) is 0 Å².